The van der Waals surface area contributed by atoms with Crippen molar-refractivity contribution in [2.75, 3.05) is 20.8 Å². The van der Waals surface area contributed by atoms with E-state index in [9.17, 15) is 9.59 Å². The molecule has 2 aromatic rings. The van der Waals surface area contributed by atoms with Crippen LogP contribution in [-0.4, -0.2) is 41.3 Å². The van der Waals surface area contributed by atoms with E-state index in [-0.39, 0.29) is 10.9 Å². The fraction of sp³-hybridized carbons (Fsp3) is 0.500. The average Bonchev–Trinajstić information content (AvgIpc) is 3.41. The van der Waals surface area contributed by atoms with Crippen LogP contribution in [-0.2, 0) is 16.0 Å². The molecule has 128 valence electrons. The highest BCUT2D eigenvalue weighted by Gasteiger charge is 2.28. The first-order valence-corrected chi connectivity index (χ1v) is 8.22. The van der Waals surface area contributed by atoms with Gasteiger partial charge in [0.15, 0.2) is 4.77 Å². The van der Waals surface area contributed by atoms with E-state index in [2.05, 4.69) is 9.97 Å². The van der Waals surface area contributed by atoms with Gasteiger partial charge in [-0.15, -0.1) is 0 Å². The van der Waals surface area contributed by atoms with Gasteiger partial charge in [0.05, 0.1) is 18.1 Å². The molecule has 1 aliphatic carbocycles. The van der Waals surface area contributed by atoms with Gasteiger partial charge in [-0.05, 0) is 37.5 Å². The summed E-state index contributed by atoms with van der Waals surface area (Å²) >= 11 is 5.29. The highest BCUT2D eigenvalue weighted by Crippen LogP contribution is 2.40. The maximum atomic E-state index is 12.4. The highest BCUT2D eigenvalue weighted by atomic mass is 32.1. The monoisotopic (exact) mass is 349 g/mol. The molecule has 0 bridgehead atoms. The van der Waals surface area contributed by atoms with Crippen LogP contribution in [0.15, 0.2) is 10.9 Å². The molecular formula is C16H19N3O4S. The Morgan fingerprint density at radius 3 is 2.83 bits per heavy atom. The van der Waals surface area contributed by atoms with Crippen molar-refractivity contribution in [2.24, 2.45) is 0 Å². The predicted molar refractivity (Wildman–Crippen MR) is 91.0 cm³/mol. The third kappa shape index (κ3) is 3.11. The number of carbonyl (C=O) groups excluding carboxylic acids is 1. The number of aryl methyl sites for hydroxylation is 1. The van der Waals surface area contributed by atoms with E-state index >= 15 is 0 Å². The van der Waals surface area contributed by atoms with Crippen LogP contribution in [0.4, 0.5) is 0 Å². The number of ether oxygens (including phenoxy) is 2. The topological polar surface area (TPSA) is 86.2 Å². The smallest absolute Gasteiger partial charge is 0.338 e. The number of pyridine rings is 1. The number of rotatable bonds is 6. The second kappa shape index (κ2) is 6.82. The standard InChI is InChI=1S/C16H19N3O4S/c1-22-7-3-6-19-13-12(14(20)18-16(19)24)10(15(21)23-2)8-11(17-13)9-4-5-9/h8-9H,3-7H2,1-2H3,(H,18,20,24). The van der Waals surface area contributed by atoms with Crippen molar-refractivity contribution in [1.29, 1.82) is 0 Å². The Morgan fingerprint density at radius 2 is 2.21 bits per heavy atom. The van der Waals surface area contributed by atoms with E-state index in [0.29, 0.717) is 29.5 Å². The zero-order valence-corrected chi connectivity index (χ0v) is 14.4. The minimum Gasteiger partial charge on any atom is -0.465 e. The van der Waals surface area contributed by atoms with Crippen molar-refractivity contribution >= 4 is 29.2 Å². The zero-order chi connectivity index (χ0) is 17.3. The fourth-order valence-corrected chi connectivity index (χ4v) is 3.00. The number of aromatic amines is 1. The lowest BCUT2D eigenvalue weighted by Crippen LogP contribution is -2.20. The molecule has 1 aliphatic rings. The van der Waals surface area contributed by atoms with E-state index in [4.69, 9.17) is 21.7 Å². The van der Waals surface area contributed by atoms with Crippen LogP contribution in [0, 0.1) is 4.77 Å². The molecular weight excluding hydrogens is 330 g/mol. The Morgan fingerprint density at radius 1 is 1.46 bits per heavy atom. The summed E-state index contributed by atoms with van der Waals surface area (Å²) in [6.45, 7) is 1.11. The summed E-state index contributed by atoms with van der Waals surface area (Å²) in [5, 5.41) is 0.220. The molecule has 1 saturated carbocycles. The van der Waals surface area contributed by atoms with Gasteiger partial charge in [-0.2, -0.15) is 0 Å². The van der Waals surface area contributed by atoms with E-state index in [1.165, 1.54) is 7.11 Å². The lowest BCUT2D eigenvalue weighted by Gasteiger charge is -2.13. The number of hydrogen-bond acceptors (Lipinski definition) is 6. The first-order valence-electron chi connectivity index (χ1n) is 7.81. The molecule has 0 amide bonds. The van der Waals surface area contributed by atoms with Crippen molar-refractivity contribution in [3.05, 3.63) is 32.4 Å². The molecule has 1 fully saturated rings. The van der Waals surface area contributed by atoms with Gasteiger partial charge in [0.1, 0.15) is 5.65 Å². The number of carbonyl (C=O) groups is 1. The largest absolute Gasteiger partial charge is 0.465 e. The van der Waals surface area contributed by atoms with Crippen LogP contribution in [0.1, 0.15) is 41.2 Å². The highest BCUT2D eigenvalue weighted by molar-refractivity contribution is 7.71. The Hall–Kier alpha value is -2.06. The number of fused-ring (bicyclic) bond motifs is 1. The lowest BCUT2D eigenvalue weighted by atomic mass is 10.1. The Labute approximate surface area is 143 Å². The molecule has 0 radical (unpaired) electrons. The molecule has 0 unspecified atom stereocenters. The molecule has 0 spiro atoms. The third-order valence-corrected chi connectivity index (χ3v) is 4.42. The molecule has 1 N–H and O–H groups in total. The normalized spacial score (nSPS) is 14.1. The van der Waals surface area contributed by atoms with E-state index in [1.807, 2.05) is 0 Å². The quantitative estimate of drug-likeness (QED) is 0.489. The molecule has 7 nitrogen and oxygen atoms in total. The molecule has 0 aliphatic heterocycles. The lowest BCUT2D eigenvalue weighted by molar-refractivity contribution is 0.0602. The SMILES string of the molecule is COCCCn1c(=S)[nH]c(=O)c2c(C(=O)OC)cc(C3CC3)nc21. The van der Waals surface area contributed by atoms with Crippen LogP contribution in [0.3, 0.4) is 0 Å². The van der Waals surface area contributed by atoms with Crippen molar-refractivity contribution in [3.63, 3.8) is 0 Å². The Bertz CT molecular complexity index is 899. The molecule has 0 saturated heterocycles. The van der Waals surface area contributed by atoms with Crippen LogP contribution >= 0.6 is 12.2 Å². The van der Waals surface area contributed by atoms with Gasteiger partial charge in [0.25, 0.3) is 5.56 Å². The summed E-state index contributed by atoms with van der Waals surface area (Å²) in [5.41, 5.74) is 1.06. The first kappa shape index (κ1) is 16.8. The van der Waals surface area contributed by atoms with Crippen molar-refractivity contribution in [2.45, 2.75) is 31.7 Å². The Kier molecular flexibility index (Phi) is 4.77. The summed E-state index contributed by atoms with van der Waals surface area (Å²) in [5.74, 6) is -0.214. The Balaban J connectivity index is 2.27. The molecule has 2 aromatic heterocycles. The van der Waals surface area contributed by atoms with Gasteiger partial charge < -0.3 is 14.0 Å². The van der Waals surface area contributed by atoms with Crippen LogP contribution in [0.25, 0.3) is 11.0 Å². The van der Waals surface area contributed by atoms with E-state index in [0.717, 1.165) is 25.0 Å². The predicted octanol–water partition coefficient (Wildman–Crippen LogP) is 2.15. The molecule has 0 atom stereocenters. The van der Waals surface area contributed by atoms with Crippen LogP contribution in [0.2, 0.25) is 0 Å². The zero-order valence-electron chi connectivity index (χ0n) is 13.6. The number of H-pyrrole nitrogens is 1. The number of hydrogen-bond donors (Lipinski definition) is 1. The average molecular weight is 349 g/mol. The maximum Gasteiger partial charge on any atom is 0.338 e. The van der Waals surface area contributed by atoms with Crippen LogP contribution in [0.5, 0.6) is 0 Å². The van der Waals surface area contributed by atoms with Gasteiger partial charge in [0, 0.05) is 31.9 Å². The second-order valence-corrected chi connectivity index (χ2v) is 6.20. The minimum atomic E-state index is -0.546. The summed E-state index contributed by atoms with van der Waals surface area (Å²) in [6.07, 6.45) is 2.79. The molecule has 3 rings (SSSR count). The second-order valence-electron chi connectivity index (χ2n) is 5.82. The summed E-state index contributed by atoms with van der Waals surface area (Å²) in [6, 6.07) is 1.67. The van der Waals surface area contributed by atoms with Gasteiger partial charge >= 0.3 is 5.97 Å². The first-order chi connectivity index (χ1) is 11.6. The van der Waals surface area contributed by atoms with E-state index in [1.54, 1.807) is 17.7 Å². The number of esters is 1. The van der Waals surface area contributed by atoms with E-state index < -0.39 is 11.5 Å². The molecule has 0 aromatic carbocycles. The number of aromatic nitrogens is 3. The van der Waals surface area contributed by atoms with Gasteiger partial charge in [-0.1, -0.05) is 0 Å². The van der Waals surface area contributed by atoms with Crippen molar-refractivity contribution in [1.82, 2.24) is 14.5 Å². The fourth-order valence-electron chi connectivity index (χ4n) is 2.73. The minimum absolute atomic E-state index is 0.220. The maximum absolute atomic E-state index is 12.4. The summed E-state index contributed by atoms with van der Waals surface area (Å²) in [7, 11) is 2.93. The number of methoxy groups -OCH3 is 2. The van der Waals surface area contributed by atoms with Crippen LogP contribution < -0.4 is 5.56 Å². The third-order valence-electron chi connectivity index (χ3n) is 4.10. The van der Waals surface area contributed by atoms with Crippen molar-refractivity contribution in [3.8, 4) is 0 Å². The number of nitrogens with one attached hydrogen (secondary N) is 1. The summed E-state index contributed by atoms with van der Waals surface area (Å²) in [4.78, 5) is 31.9. The van der Waals surface area contributed by atoms with Gasteiger partial charge in [-0.25, -0.2) is 9.78 Å². The molecule has 24 heavy (non-hydrogen) atoms. The summed E-state index contributed by atoms with van der Waals surface area (Å²) < 4.78 is 12.0. The molecule has 2 heterocycles. The number of nitrogens with zero attached hydrogens (tertiary/aromatic N) is 2. The molecule has 8 heteroatoms. The van der Waals surface area contributed by atoms with Gasteiger partial charge in [0.2, 0.25) is 0 Å². The van der Waals surface area contributed by atoms with Crippen molar-refractivity contribution < 1.29 is 14.3 Å². The van der Waals surface area contributed by atoms with Gasteiger partial charge in [-0.3, -0.25) is 9.78 Å².